The lowest BCUT2D eigenvalue weighted by atomic mass is 9.78. The van der Waals surface area contributed by atoms with Gasteiger partial charge in [0.2, 0.25) is 0 Å². The topological polar surface area (TPSA) is 48.1 Å². The van der Waals surface area contributed by atoms with Crippen LogP contribution in [-0.2, 0) is 18.7 Å². The Bertz CT molecular complexity index is 883. The van der Waals surface area contributed by atoms with Gasteiger partial charge in [-0.15, -0.1) is 0 Å². The van der Waals surface area contributed by atoms with E-state index in [-0.39, 0.29) is 11.9 Å². The number of unbranched alkanes of at least 4 members (excludes halogenated alkanes) is 22. The first kappa shape index (κ1) is 49.8. The minimum Gasteiger partial charge on any atom is -0.465 e. The van der Waals surface area contributed by atoms with Gasteiger partial charge in [0.05, 0.1) is 24.7 Å². The molecule has 1 saturated carbocycles. The maximum atomic E-state index is 12.5. The van der Waals surface area contributed by atoms with Gasteiger partial charge in [0.1, 0.15) is 0 Å². The lowest BCUT2D eigenvalue weighted by molar-refractivity contribution is -0.149. The number of carbonyl (C=O) groups is 1. The van der Waals surface area contributed by atoms with Crippen molar-refractivity contribution in [1.29, 1.82) is 0 Å². The van der Waals surface area contributed by atoms with Crippen molar-refractivity contribution in [3.05, 3.63) is 0 Å². The number of fused-ring (bicyclic) bond motifs is 1. The quantitative estimate of drug-likeness (QED) is 0.0273. The molecule has 5 heteroatoms. The van der Waals surface area contributed by atoms with Gasteiger partial charge in [0.25, 0.3) is 0 Å². The Hall–Kier alpha value is -0.393. The first-order chi connectivity index (χ1) is 26.1. The first-order valence-electron chi connectivity index (χ1n) is 24.5. The molecule has 4 nitrogen and oxygen atoms in total. The van der Waals surface area contributed by atoms with E-state index >= 15 is 0 Å². The molecular formula is C49H96O4Si. The third-order valence-electron chi connectivity index (χ3n) is 13.8. The van der Waals surface area contributed by atoms with E-state index < -0.39 is 8.32 Å². The molecule has 2 rings (SSSR count). The Kier molecular flexibility index (Phi) is 28.2. The molecule has 320 valence electrons. The molecule has 0 amide bonds. The lowest BCUT2D eigenvalue weighted by Crippen LogP contribution is -2.40. The SMILES string of the molecule is CCCCCCCCCC(CCCCCCCCOC(=O)C1CCC2OC2C1)C(CCCCCCCCC)CCCCCCCCO[Si](C)(C)C(C)(C)C. The fourth-order valence-corrected chi connectivity index (χ4v) is 9.93. The summed E-state index contributed by atoms with van der Waals surface area (Å²) in [5, 5.41) is 0.315. The Morgan fingerprint density at radius 3 is 1.35 bits per heavy atom. The van der Waals surface area contributed by atoms with Crippen LogP contribution in [0.4, 0.5) is 0 Å². The molecule has 1 saturated heterocycles. The van der Waals surface area contributed by atoms with E-state index in [0.717, 1.165) is 44.1 Å². The number of hydrogen-bond acceptors (Lipinski definition) is 4. The zero-order chi connectivity index (χ0) is 39.3. The summed E-state index contributed by atoms with van der Waals surface area (Å²) in [7, 11) is -1.60. The zero-order valence-corrected chi connectivity index (χ0v) is 38.8. The second-order valence-corrected chi connectivity index (χ2v) is 24.5. The van der Waals surface area contributed by atoms with E-state index in [2.05, 4.69) is 47.7 Å². The number of carbonyl (C=O) groups excluding carboxylic acids is 1. The Labute approximate surface area is 339 Å². The molecule has 0 radical (unpaired) electrons. The van der Waals surface area contributed by atoms with Crippen molar-refractivity contribution in [2.45, 2.75) is 277 Å². The van der Waals surface area contributed by atoms with Gasteiger partial charge < -0.3 is 13.9 Å². The van der Waals surface area contributed by atoms with Crippen LogP contribution in [0.25, 0.3) is 0 Å². The van der Waals surface area contributed by atoms with Crippen LogP contribution in [0.15, 0.2) is 0 Å². The predicted molar refractivity (Wildman–Crippen MR) is 237 cm³/mol. The van der Waals surface area contributed by atoms with Crippen LogP contribution >= 0.6 is 0 Å². The monoisotopic (exact) mass is 777 g/mol. The Balaban J connectivity index is 1.74. The summed E-state index contributed by atoms with van der Waals surface area (Å²) < 4.78 is 17.7. The van der Waals surface area contributed by atoms with Crippen LogP contribution in [0.3, 0.4) is 0 Å². The van der Waals surface area contributed by atoms with E-state index in [1.54, 1.807) is 0 Å². The molecular weight excluding hydrogens is 681 g/mol. The van der Waals surface area contributed by atoms with Crippen molar-refractivity contribution >= 4 is 14.3 Å². The van der Waals surface area contributed by atoms with Gasteiger partial charge in [0.15, 0.2) is 8.32 Å². The highest BCUT2D eigenvalue weighted by Crippen LogP contribution is 2.40. The summed E-state index contributed by atoms with van der Waals surface area (Å²) in [5.41, 5.74) is 0. The molecule has 0 spiro atoms. The number of epoxide rings is 1. The third-order valence-corrected chi connectivity index (χ3v) is 18.4. The van der Waals surface area contributed by atoms with E-state index in [1.807, 2.05) is 0 Å². The number of esters is 1. The molecule has 0 aromatic heterocycles. The van der Waals surface area contributed by atoms with Gasteiger partial charge in [0, 0.05) is 6.61 Å². The molecule has 54 heavy (non-hydrogen) atoms. The van der Waals surface area contributed by atoms with Crippen molar-refractivity contribution in [2.75, 3.05) is 13.2 Å². The van der Waals surface area contributed by atoms with Gasteiger partial charge in [-0.3, -0.25) is 4.79 Å². The first-order valence-corrected chi connectivity index (χ1v) is 27.5. The molecule has 0 bridgehead atoms. The van der Waals surface area contributed by atoms with Crippen molar-refractivity contribution in [2.24, 2.45) is 17.8 Å². The third kappa shape index (κ3) is 23.7. The largest absolute Gasteiger partial charge is 0.465 e. The van der Waals surface area contributed by atoms with Crippen LogP contribution < -0.4 is 0 Å². The summed E-state index contributed by atoms with van der Waals surface area (Å²) in [6.07, 6.45) is 45.4. The average Bonchev–Trinajstić information content (AvgIpc) is 3.93. The van der Waals surface area contributed by atoms with Crippen LogP contribution in [-0.4, -0.2) is 39.7 Å². The summed E-state index contributed by atoms with van der Waals surface area (Å²) in [4.78, 5) is 12.5. The van der Waals surface area contributed by atoms with Crippen LogP contribution in [0.5, 0.6) is 0 Å². The number of ether oxygens (including phenoxy) is 2. The molecule has 2 fully saturated rings. The van der Waals surface area contributed by atoms with E-state index in [9.17, 15) is 4.79 Å². The van der Waals surface area contributed by atoms with Crippen LogP contribution in [0.2, 0.25) is 18.1 Å². The standard InChI is InChI=1S/C49H96O4Si/c1-8-10-12-14-16-22-28-34-43(36-30-24-18-20-26-32-40-51-48(50)45-38-39-46-47(42-45)53-46)44(35-29-23-17-15-13-11-9-2)37-31-25-19-21-27-33-41-52-54(6,7)49(3,4)5/h43-47H,8-42H2,1-7H3. The van der Waals surface area contributed by atoms with Crippen molar-refractivity contribution < 1.29 is 18.7 Å². The van der Waals surface area contributed by atoms with Crippen molar-refractivity contribution in [3.8, 4) is 0 Å². The molecule has 0 aromatic carbocycles. The van der Waals surface area contributed by atoms with Gasteiger partial charge >= 0.3 is 5.97 Å². The smallest absolute Gasteiger partial charge is 0.309 e. The minimum absolute atomic E-state index is 0.0320. The highest BCUT2D eigenvalue weighted by Gasteiger charge is 2.46. The minimum atomic E-state index is -1.60. The highest BCUT2D eigenvalue weighted by molar-refractivity contribution is 6.74. The van der Waals surface area contributed by atoms with E-state index in [4.69, 9.17) is 13.9 Å². The second kappa shape index (κ2) is 30.7. The predicted octanol–water partition coefficient (Wildman–Crippen LogP) is 16.1. The summed E-state index contributed by atoms with van der Waals surface area (Å²) >= 11 is 0. The molecule has 0 aromatic rings. The second-order valence-electron chi connectivity index (χ2n) is 19.7. The number of hydrogen-bond donors (Lipinski definition) is 0. The van der Waals surface area contributed by atoms with Crippen LogP contribution in [0.1, 0.15) is 247 Å². The van der Waals surface area contributed by atoms with Crippen molar-refractivity contribution in [1.82, 2.24) is 0 Å². The van der Waals surface area contributed by atoms with Gasteiger partial charge in [-0.25, -0.2) is 0 Å². The molecule has 1 heterocycles. The normalized spacial score (nSPS) is 19.8. The van der Waals surface area contributed by atoms with Crippen molar-refractivity contribution in [3.63, 3.8) is 0 Å². The Morgan fingerprint density at radius 2 is 0.944 bits per heavy atom. The lowest BCUT2D eigenvalue weighted by Gasteiger charge is -2.36. The summed E-state index contributed by atoms with van der Waals surface area (Å²) in [6, 6.07) is 0. The number of rotatable bonds is 37. The van der Waals surface area contributed by atoms with Gasteiger partial charge in [-0.2, -0.15) is 0 Å². The van der Waals surface area contributed by atoms with E-state index in [0.29, 0.717) is 23.9 Å². The van der Waals surface area contributed by atoms with Gasteiger partial charge in [-0.05, 0) is 62.1 Å². The molecule has 0 N–H and O–H groups in total. The average molecular weight is 777 g/mol. The van der Waals surface area contributed by atoms with Gasteiger partial charge in [-0.1, -0.05) is 214 Å². The summed E-state index contributed by atoms with van der Waals surface area (Å²) in [5.74, 6) is 1.99. The highest BCUT2D eigenvalue weighted by atomic mass is 28.4. The molecule has 5 atom stereocenters. The molecule has 1 aliphatic carbocycles. The maximum absolute atomic E-state index is 12.5. The maximum Gasteiger partial charge on any atom is 0.309 e. The fraction of sp³-hybridized carbons (Fsp3) is 0.980. The zero-order valence-electron chi connectivity index (χ0n) is 37.8. The van der Waals surface area contributed by atoms with Crippen LogP contribution in [0, 0.1) is 17.8 Å². The Morgan fingerprint density at radius 1 is 0.556 bits per heavy atom. The van der Waals surface area contributed by atoms with E-state index in [1.165, 1.54) is 186 Å². The summed E-state index contributed by atoms with van der Waals surface area (Å²) in [6.45, 7) is 18.0. The fourth-order valence-electron chi connectivity index (χ4n) is 8.84. The molecule has 1 aliphatic heterocycles. The molecule has 5 unspecified atom stereocenters. The molecule has 2 aliphatic rings.